The second-order valence-electron chi connectivity index (χ2n) is 6.94. The van der Waals surface area contributed by atoms with Crippen LogP contribution in [0.1, 0.15) is 22.8 Å². The van der Waals surface area contributed by atoms with Crippen molar-refractivity contribution in [3.8, 4) is 11.3 Å². The fraction of sp³-hybridized carbons (Fsp3) is 0.0400. The summed E-state index contributed by atoms with van der Waals surface area (Å²) in [6.07, 6.45) is 1.55. The molecule has 0 saturated carbocycles. The van der Waals surface area contributed by atoms with Gasteiger partial charge in [0, 0.05) is 23.6 Å². The molecule has 0 aliphatic carbocycles. The summed E-state index contributed by atoms with van der Waals surface area (Å²) >= 11 is 0. The number of carbonyl (C=O) groups excluding carboxylic acids is 2. The summed E-state index contributed by atoms with van der Waals surface area (Å²) in [5.74, 6) is -0.449. The number of carbonyl (C=O) groups is 2. The Bertz CT molecular complexity index is 1270. The first-order valence-corrected chi connectivity index (χ1v) is 9.76. The van der Waals surface area contributed by atoms with E-state index < -0.39 is 0 Å². The van der Waals surface area contributed by atoms with E-state index in [9.17, 15) is 9.59 Å². The fourth-order valence-corrected chi connectivity index (χ4v) is 3.20. The third kappa shape index (κ3) is 4.82. The van der Waals surface area contributed by atoms with Gasteiger partial charge in [0.05, 0.1) is 23.0 Å². The molecule has 152 valence electrons. The monoisotopic (exact) mass is 408 g/mol. The van der Waals surface area contributed by atoms with Gasteiger partial charge in [-0.15, -0.1) is 0 Å². The SMILES string of the molecule is CC(=O)Nc1ccc(/C=N\NC(=O)c2cc(-c3ccccc3)nc3ccccc23)cc1. The fourth-order valence-electron chi connectivity index (χ4n) is 3.20. The molecule has 0 aliphatic rings. The van der Waals surface area contributed by atoms with Crippen molar-refractivity contribution in [3.05, 3.63) is 96.1 Å². The molecule has 6 heteroatoms. The molecule has 0 aliphatic heterocycles. The number of anilines is 1. The highest BCUT2D eigenvalue weighted by molar-refractivity contribution is 6.07. The van der Waals surface area contributed by atoms with Crippen LogP contribution < -0.4 is 10.7 Å². The van der Waals surface area contributed by atoms with Gasteiger partial charge in [-0.25, -0.2) is 10.4 Å². The third-order valence-corrected chi connectivity index (χ3v) is 4.64. The molecule has 0 fully saturated rings. The number of nitrogens with zero attached hydrogens (tertiary/aromatic N) is 2. The summed E-state index contributed by atoms with van der Waals surface area (Å²) in [4.78, 5) is 28.7. The minimum absolute atomic E-state index is 0.131. The Morgan fingerprint density at radius 2 is 1.61 bits per heavy atom. The highest BCUT2D eigenvalue weighted by Crippen LogP contribution is 2.24. The number of aromatic nitrogens is 1. The maximum absolute atomic E-state index is 12.9. The number of hydrogen-bond acceptors (Lipinski definition) is 4. The number of benzene rings is 3. The number of amides is 2. The summed E-state index contributed by atoms with van der Waals surface area (Å²) in [5, 5.41) is 7.55. The van der Waals surface area contributed by atoms with Crippen LogP contribution in [0.5, 0.6) is 0 Å². The summed E-state index contributed by atoms with van der Waals surface area (Å²) in [5.41, 5.74) is 6.99. The van der Waals surface area contributed by atoms with Crippen LogP contribution >= 0.6 is 0 Å². The number of para-hydroxylation sites is 1. The molecule has 0 atom stereocenters. The van der Waals surface area contributed by atoms with Crippen molar-refractivity contribution in [2.75, 3.05) is 5.32 Å². The van der Waals surface area contributed by atoms with Crippen LogP contribution in [0.4, 0.5) is 5.69 Å². The van der Waals surface area contributed by atoms with Gasteiger partial charge in [0.2, 0.25) is 5.91 Å². The van der Waals surface area contributed by atoms with Gasteiger partial charge >= 0.3 is 0 Å². The Labute approximate surface area is 179 Å². The Kier molecular flexibility index (Phi) is 5.80. The van der Waals surface area contributed by atoms with E-state index in [1.807, 2.05) is 54.6 Å². The average molecular weight is 408 g/mol. The molecule has 4 rings (SSSR count). The van der Waals surface area contributed by atoms with E-state index in [-0.39, 0.29) is 11.8 Å². The lowest BCUT2D eigenvalue weighted by atomic mass is 10.0. The Balaban J connectivity index is 1.57. The number of hydrazone groups is 1. The molecule has 1 aromatic heterocycles. The van der Waals surface area contributed by atoms with Crippen molar-refractivity contribution in [3.63, 3.8) is 0 Å². The van der Waals surface area contributed by atoms with E-state index in [0.717, 1.165) is 27.7 Å². The predicted molar refractivity (Wildman–Crippen MR) is 123 cm³/mol. The Morgan fingerprint density at radius 1 is 0.903 bits per heavy atom. The smallest absolute Gasteiger partial charge is 0.272 e. The quantitative estimate of drug-likeness (QED) is 0.373. The minimum atomic E-state index is -0.318. The second kappa shape index (κ2) is 9.00. The summed E-state index contributed by atoms with van der Waals surface area (Å²) in [7, 11) is 0. The summed E-state index contributed by atoms with van der Waals surface area (Å²) in [6.45, 7) is 1.46. The van der Waals surface area contributed by atoms with Crippen molar-refractivity contribution in [1.29, 1.82) is 0 Å². The van der Waals surface area contributed by atoms with Gasteiger partial charge in [-0.05, 0) is 29.8 Å². The molecule has 0 unspecified atom stereocenters. The highest BCUT2D eigenvalue weighted by atomic mass is 16.2. The molecule has 3 aromatic carbocycles. The number of fused-ring (bicyclic) bond motifs is 1. The van der Waals surface area contributed by atoms with Crippen molar-refractivity contribution < 1.29 is 9.59 Å². The van der Waals surface area contributed by atoms with Crippen molar-refractivity contribution in [1.82, 2.24) is 10.4 Å². The Hall–Kier alpha value is -4.32. The van der Waals surface area contributed by atoms with E-state index in [1.165, 1.54) is 6.92 Å². The first-order chi connectivity index (χ1) is 15.1. The molecule has 0 bridgehead atoms. The zero-order chi connectivity index (χ0) is 21.6. The topological polar surface area (TPSA) is 83.5 Å². The van der Waals surface area contributed by atoms with Gasteiger partial charge in [0.25, 0.3) is 5.91 Å². The number of hydrogen-bond donors (Lipinski definition) is 2. The standard InChI is InChI=1S/C25H20N4O2/c1-17(30)27-20-13-11-18(12-14-20)16-26-29-25(31)22-15-24(19-7-3-2-4-8-19)28-23-10-6-5-9-21(22)23/h2-16H,1H3,(H,27,30)(H,29,31)/b26-16-. The lowest BCUT2D eigenvalue weighted by molar-refractivity contribution is -0.114. The summed E-state index contributed by atoms with van der Waals surface area (Å²) in [6, 6.07) is 26.2. The number of pyridine rings is 1. The molecular weight excluding hydrogens is 388 g/mol. The average Bonchev–Trinajstić information content (AvgIpc) is 2.79. The molecule has 6 nitrogen and oxygen atoms in total. The molecule has 4 aromatic rings. The molecule has 0 radical (unpaired) electrons. The zero-order valence-electron chi connectivity index (χ0n) is 16.9. The highest BCUT2D eigenvalue weighted by Gasteiger charge is 2.13. The molecule has 1 heterocycles. The lowest BCUT2D eigenvalue weighted by Crippen LogP contribution is -2.18. The van der Waals surface area contributed by atoms with Gasteiger partial charge < -0.3 is 5.32 Å². The van der Waals surface area contributed by atoms with Gasteiger partial charge in [0.1, 0.15) is 0 Å². The van der Waals surface area contributed by atoms with Crippen molar-refractivity contribution in [2.45, 2.75) is 6.92 Å². The normalized spacial score (nSPS) is 10.9. The van der Waals surface area contributed by atoms with Crippen LogP contribution in [0.2, 0.25) is 0 Å². The molecule has 0 saturated heterocycles. The van der Waals surface area contributed by atoms with E-state index in [0.29, 0.717) is 11.3 Å². The first-order valence-electron chi connectivity index (χ1n) is 9.76. The maximum Gasteiger partial charge on any atom is 0.272 e. The predicted octanol–water partition coefficient (Wildman–Crippen LogP) is 4.62. The molecule has 2 amide bonds. The molecule has 31 heavy (non-hydrogen) atoms. The van der Waals surface area contributed by atoms with Crippen LogP contribution in [-0.4, -0.2) is 23.0 Å². The third-order valence-electron chi connectivity index (χ3n) is 4.64. The Morgan fingerprint density at radius 3 is 2.35 bits per heavy atom. The lowest BCUT2D eigenvalue weighted by Gasteiger charge is -2.09. The minimum Gasteiger partial charge on any atom is -0.326 e. The van der Waals surface area contributed by atoms with Crippen molar-refractivity contribution >= 4 is 34.6 Å². The van der Waals surface area contributed by atoms with Crippen LogP contribution in [0.3, 0.4) is 0 Å². The van der Waals surface area contributed by atoms with E-state index >= 15 is 0 Å². The molecule has 0 spiro atoms. The van der Waals surface area contributed by atoms with Gasteiger partial charge in [-0.1, -0.05) is 60.7 Å². The van der Waals surface area contributed by atoms with E-state index in [2.05, 4.69) is 15.8 Å². The van der Waals surface area contributed by atoms with E-state index in [1.54, 1.807) is 36.5 Å². The van der Waals surface area contributed by atoms with Gasteiger partial charge in [-0.2, -0.15) is 5.10 Å². The second-order valence-corrected chi connectivity index (χ2v) is 6.94. The van der Waals surface area contributed by atoms with Gasteiger partial charge in [-0.3, -0.25) is 9.59 Å². The van der Waals surface area contributed by atoms with Crippen LogP contribution in [-0.2, 0) is 4.79 Å². The van der Waals surface area contributed by atoms with Gasteiger partial charge in [0.15, 0.2) is 0 Å². The first kappa shape index (κ1) is 20.0. The molecular formula is C25H20N4O2. The van der Waals surface area contributed by atoms with Crippen LogP contribution in [0.15, 0.2) is 90.0 Å². The maximum atomic E-state index is 12.9. The number of rotatable bonds is 5. The summed E-state index contributed by atoms with van der Waals surface area (Å²) < 4.78 is 0. The largest absolute Gasteiger partial charge is 0.326 e. The van der Waals surface area contributed by atoms with Crippen LogP contribution in [0.25, 0.3) is 22.2 Å². The van der Waals surface area contributed by atoms with E-state index in [4.69, 9.17) is 4.98 Å². The van der Waals surface area contributed by atoms with Crippen LogP contribution in [0, 0.1) is 0 Å². The molecule has 2 N–H and O–H groups in total. The zero-order valence-corrected chi connectivity index (χ0v) is 16.9. The number of nitrogens with one attached hydrogen (secondary N) is 2. The van der Waals surface area contributed by atoms with Crippen molar-refractivity contribution in [2.24, 2.45) is 5.10 Å².